The standard InChI is InChI=1S/C26H25N3O3/c1-3-16-32-22-13-9-19(10-14-22)23-24(28-20-11-7-18(2)8-12-20)26(31)29(25(23)30)17-21-6-4-5-15-27-21/h4-15,28H,3,16-17H2,1-2H3. The molecule has 0 saturated heterocycles. The molecule has 2 heterocycles. The van der Waals surface area contributed by atoms with Crippen LogP contribution >= 0.6 is 0 Å². The second-order valence-electron chi connectivity index (χ2n) is 7.63. The molecule has 1 aliphatic heterocycles. The minimum atomic E-state index is -0.373. The molecule has 0 spiro atoms. The predicted molar refractivity (Wildman–Crippen MR) is 124 cm³/mol. The Morgan fingerprint density at radius 2 is 1.69 bits per heavy atom. The Labute approximate surface area is 187 Å². The quantitative estimate of drug-likeness (QED) is 0.533. The van der Waals surface area contributed by atoms with E-state index in [1.807, 2.05) is 68.4 Å². The highest BCUT2D eigenvalue weighted by Crippen LogP contribution is 2.32. The number of aromatic nitrogens is 1. The fourth-order valence-corrected chi connectivity index (χ4v) is 3.48. The fraction of sp³-hybridized carbons (Fsp3) is 0.192. The zero-order valence-corrected chi connectivity index (χ0v) is 18.2. The van der Waals surface area contributed by atoms with Crippen molar-refractivity contribution < 1.29 is 14.3 Å². The lowest BCUT2D eigenvalue weighted by atomic mass is 10.0. The van der Waals surface area contributed by atoms with Crippen molar-refractivity contribution in [3.05, 3.63) is 95.4 Å². The lowest BCUT2D eigenvalue weighted by molar-refractivity contribution is -0.137. The van der Waals surface area contributed by atoms with Gasteiger partial charge in [0.05, 0.1) is 24.4 Å². The number of aryl methyl sites for hydroxylation is 1. The highest BCUT2D eigenvalue weighted by Gasteiger charge is 2.39. The maximum Gasteiger partial charge on any atom is 0.278 e. The Morgan fingerprint density at radius 1 is 0.938 bits per heavy atom. The molecule has 0 saturated carbocycles. The van der Waals surface area contributed by atoms with Gasteiger partial charge in [0.25, 0.3) is 11.8 Å². The molecule has 0 bridgehead atoms. The number of benzene rings is 2. The van der Waals surface area contributed by atoms with E-state index >= 15 is 0 Å². The van der Waals surface area contributed by atoms with E-state index in [-0.39, 0.29) is 24.1 Å². The molecule has 0 fully saturated rings. The minimum Gasteiger partial charge on any atom is -0.494 e. The van der Waals surface area contributed by atoms with Crippen molar-refractivity contribution in [2.75, 3.05) is 11.9 Å². The van der Waals surface area contributed by atoms with Gasteiger partial charge in [-0.3, -0.25) is 19.5 Å². The van der Waals surface area contributed by atoms with E-state index in [1.165, 1.54) is 4.90 Å². The molecule has 1 aliphatic rings. The topological polar surface area (TPSA) is 71.5 Å². The summed E-state index contributed by atoms with van der Waals surface area (Å²) in [5.74, 6) is 0.00591. The van der Waals surface area contributed by atoms with Crippen molar-refractivity contribution >= 4 is 23.1 Å². The van der Waals surface area contributed by atoms with Crippen LogP contribution in [0.4, 0.5) is 5.69 Å². The molecule has 0 atom stereocenters. The Balaban J connectivity index is 1.69. The van der Waals surface area contributed by atoms with Gasteiger partial charge >= 0.3 is 0 Å². The first-order valence-corrected chi connectivity index (χ1v) is 10.6. The van der Waals surface area contributed by atoms with Crippen molar-refractivity contribution in [2.45, 2.75) is 26.8 Å². The van der Waals surface area contributed by atoms with Crippen molar-refractivity contribution in [1.29, 1.82) is 0 Å². The molecule has 3 aromatic rings. The lowest BCUT2D eigenvalue weighted by Crippen LogP contribution is -2.32. The van der Waals surface area contributed by atoms with Crippen LogP contribution in [0.15, 0.2) is 78.6 Å². The monoisotopic (exact) mass is 427 g/mol. The number of amides is 2. The third-order valence-electron chi connectivity index (χ3n) is 5.15. The number of hydrogen-bond acceptors (Lipinski definition) is 5. The van der Waals surface area contributed by atoms with Gasteiger partial charge < -0.3 is 10.1 Å². The molecule has 32 heavy (non-hydrogen) atoms. The predicted octanol–water partition coefficient (Wildman–Crippen LogP) is 4.57. The van der Waals surface area contributed by atoms with Crippen LogP contribution in [0.25, 0.3) is 5.57 Å². The number of nitrogens with zero attached hydrogens (tertiary/aromatic N) is 2. The van der Waals surface area contributed by atoms with Gasteiger partial charge in [0.1, 0.15) is 11.4 Å². The first kappa shape index (κ1) is 21.3. The average Bonchev–Trinajstić information content (AvgIpc) is 3.04. The normalized spacial score (nSPS) is 13.6. The summed E-state index contributed by atoms with van der Waals surface area (Å²) in [4.78, 5) is 32.2. The van der Waals surface area contributed by atoms with E-state index in [4.69, 9.17) is 4.74 Å². The zero-order valence-electron chi connectivity index (χ0n) is 18.2. The molecule has 0 radical (unpaired) electrons. The first-order chi connectivity index (χ1) is 15.6. The summed E-state index contributed by atoms with van der Waals surface area (Å²) in [6.07, 6.45) is 2.56. The summed E-state index contributed by atoms with van der Waals surface area (Å²) < 4.78 is 5.65. The van der Waals surface area contributed by atoms with E-state index in [2.05, 4.69) is 10.3 Å². The van der Waals surface area contributed by atoms with Crippen LogP contribution in [-0.4, -0.2) is 28.3 Å². The number of imide groups is 1. The van der Waals surface area contributed by atoms with E-state index in [0.29, 0.717) is 23.4 Å². The second-order valence-corrected chi connectivity index (χ2v) is 7.63. The van der Waals surface area contributed by atoms with Crippen LogP contribution < -0.4 is 10.1 Å². The van der Waals surface area contributed by atoms with E-state index in [9.17, 15) is 9.59 Å². The molecule has 0 unspecified atom stereocenters. The van der Waals surface area contributed by atoms with Gasteiger partial charge in [-0.25, -0.2) is 0 Å². The van der Waals surface area contributed by atoms with Gasteiger partial charge in [-0.15, -0.1) is 0 Å². The Hall–Kier alpha value is -3.93. The largest absolute Gasteiger partial charge is 0.494 e. The van der Waals surface area contributed by atoms with Gasteiger partial charge in [-0.2, -0.15) is 0 Å². The SMILES string of the molecule is CCCOc1ccc(C2=C(Nc3ccc(C)cc3)C(=O)N(Cc3ccccn3)C2=O)cc1. The molecule has 0 aliphatic carbocycles. The van der Waals surface area contributed by atoms with Crippen LogP contribution in [0, 0.1) is 6.92 Å². The molecule has 1 N–H and O–H groups in total. The second kappa shape index (κ2) is 9.47. The molecule has 6 heteroatoms. The van der Waals surface area contributed by atoms with E-state index < -0.39 is 0 Å². The van der Waals surface area contributed by atoms with E-state index in [0.717, 1.165) is 23.4 Å². The number of carbonyl (C=O) groups is 2. The maximum atomic E-state index is 13.4. The van der Waals surface area contributed by atoms with Crippen molar-refractivity contribution in [2.24, 2.45) is 0 Å². The average molecular weight is 428 g/mol. The Kier molecular flexibility index (Phi) is 6.31. The minimum absolute atomic E-state index is 0.110. The third kappa shape index (κ3) is 4.54. The van der Waals surface area contributed by atoms with Crippen molar-refractivity contribution in [1.82, 2.24) is 9.88 Å². The highest BCUT2D eigenvalue weighted by molar-refractivity contribution is 6.36. The van der Waals surface area contributed by atoms with Crippen molar-refractivity contribution in [3.8, 4) is 5.75 Å². The van der Waals surface area contributed by atoms with E-state index in [1.54, 1.807) is 18.3 Å². The van der Waals surface area contributed by atoms with Crippen LogP contribution in [0.1, 0.15) is 30.2 Å². The van der Waals surface area contributed by atoms with Gasteiger partial charge in [0.15, 0.2) is 0 Å². The van der Waals surface area contributed by atoms with Gasteiger partial charge in [-0.1, -0.05) is 42.8 Å². The van der Waals surface area contributed by atoms with Crippen LogP contribution in [0.2, 0.25) is 0 Å². The number of anilines is 1. The fourth-order valence-electron chi connectivity index (χ4n) is 3.48. The summed E-state index contributed by atoms with van der Waals surface area (Å²) in [6, 6.07) is 20.4. The van der Waals surface area contributed by atoms with Crippen molar-refractivity contribution in [3.63, 3.8) is 0 Å². The molecule has 1 aromatic heterocycles. The third-order valence-corrected chi connectivity index (χ3v) is 5.15. The molecule has 6 nitrogen and oxygen atoms in total. The molecular weight excluding hydrogens is 402 g/mol. The number of ether oxygens (including phenoxy) is 1. The highest BCUT2D eigenvalue weighted by atomic mass is 16.5. The lowest BCUT2D eigenvalue weighted by Gasteiger charge is -2.15. The molecule has 162 valence electrons. The summed E-state index contributed by atoms with van der Waals surface area (Å²) in [5, 5.41) is 3.18. The summed E-state index contributed by atoms with van der Waals surface area (Å²) in [6.45, 7) is 4.77. The summed E-state index contributed by atoms with van der Waals surface area (Å²) in [7, 11) is 0. The molecule has 2 amide bonds. The Bertz CT molecular complexity index is 1140. The summed E-state index contributed by atoms with van der Waals surface area (Å²) >= 11 is 0. The zero-order chi connectivity index (χ0) is 22.5. The number of nitrogens with one attached hydrogen (secondary N) is 1. The summed E-state index contributed by atoms with van der Waals surface area (Å²) in [5.41, 5.74) is 3.76. The Morgan fingerprint density at radius 3 is 2.34 bits per heavy atom. The van der Waals surface area contributed by atoms with Gasteiger partial charge in [0, 0.05) is 11.9 Å². The maximum absolute atomic E-state index is 13.4. The van der Waals surface area contributed by atoms with Crippen LogP contribution in [-0.2, 0) is 16.1 Å². The number of carbonyl (C=O) groups excluding carboxylic acids is 2. The first-order valence-electron chi connectivity index (χ1n) is 10.6. The van der Waals surface area contributed by atoms with Crippen LogP contribution in [0.5, 0.6) is 5.75 Å². The number of hydrogen-bond donors (Lipinski definition) is 1. The van der Waals surface area contributed by atoms with Crippen LogP contribution in [0.3, 0.4) is 0 Å². The molecule has 2 aromatic carbocycles. The van der Waals surface area contributed by atoms with Gasteiger partial charge in [-0.05, 0) is 55.3 Å². The smallest absolute Gasteiger partial charge is 0.278 e. The van der Waals surface area contributed by atoms with Gasteiger partial charge in [0.2, 0.25) is 0 Å². The molecule has 4 rings (SSSR count). The molecular formula is C26H25N3O3. The number of rotatable bonds is 8. The number of pyridine rings is 1.